The van der Waals surface area contributed by atoms with Gasteiger partial charge < -0.3 is 9.73 Å². The van der Waals surface area contributed by atoms with Crippen molar-refractivity contribution in [3.05, 3.63) is 58.8 Å². The minimum Gasteiger partial charge on any atom is -0.466 e. The van der Waals surface area contributed by atoms with Crippen LogP contribution in [0.1, 0.15) is 54.6 Å². The van der Waals surface area contributed by atoms with Crippen LogP contribution in [0.15, 0.2) is 40.3 Å². The maximum Gasteiger partial charge on any atom is 0.187 e. The Morgan fingerprint density at radius 1 is 1.31 bits per heavy atom. The SMILES string of the molecule is Cc1ccc(CCCN2CCCCC2c2csc(Nc3ccc(C#N)nc3)n2)o1. The summed E-state index contributed by atoms with van der Waals surface area (Å²) >= 11 is 1.62. The molecule has 1 saturated heterocycles. The number of nitrogens with zero attached hydrogens (tertiary/aromatic N) is 4. The van der Waals surface area contributed by atoms with E-state index in [-0.39, 0.29) is 0 Å². The number of pyridine rings is 1. The number of thiazole rings is 1. The van der Waals surface area contributed by atoms with Gasteiger partial charge in [-0.1, -0.05) is 6.42 Å². The highest BCUT2D eigenvalue weighted by molar-refractivity contribution is 7.13. The minimum atomic E-state index is 0.382. The van der Waals surface area contributed by atoms with Crippen molar-refractivity contribution in [3.8, 4) is 6.07 Å². The van der Waals surface area contributed by atoms with Gasteiger partial charge in [0.1, 0.15) is 23.3 Å². The molecule has 1 unspecified atom stereocenters. The summed E-state index contributed by atoms with van der Waals surface area (Å²) in [7, 11) is 0. The average Bonchev–Trinajstić information content (AvgIpc) is 3.38. The van der Waals surface area contributed by atoms with Crippen LogP contribution in [0.2, 0.25) is 0 Å². The van der Waals surface area contributed by atoms with Gasteiger partial charge in [0.25, 0.3) is 0 Å². The van der Waals surface area contributed by atoms with E-state index in [1.54, 1.807) is 23.6 Å². The number of piperidine rings is 1. The van der Waals surface area contributed by atoms with E-state index in [2.05, 4.69) is 26.6 Å². The molecule has 7 heteroatoms. The van der Waals surface area contributed by atoms with Crippen molar-refractivity contribution < 1.29 is 4.42 Å². The molecule has 29 heavy (non-hydrogen) atoms. The fraction of sp³-hybridized carbons (Fsp3) is 0.409. The molecule has 1 aliphatic heterocycles. The molecular formula is C22H25N5OS. The molecule has 4 rings (SSSR count). The predicted octanol–water partition coefficient (Wildman–Crippen LogP) is 5.21. The fourth-order valence-electron chi connectivity index (χ4n) is 3.82. The molecule has 0 amide bonds. The van der Waals surface area contributed by atoms with Gasteiger partial charge in [-0.15, -0.1) is 11.3 Å². The van der Waals surface area contributed by atoms with Crippen LogP contribution < -0.4 is 5.32 Å². The number of hydrogen-bond acceptors (Lipinski definition) is 7. The first kappa shape index (κ1) is 19.6. The number of nitriles is 1. The van der Waals surface area contributed by atoms with Crippen LogP contribution >= 0.6 is 11.3 Å². The van der Waals surface area contributed by atoms with Gasteiger partial charge in [0.05, 0.1) is 23.6 Å². The van der Waals surface area contributed by atoms with Crippen LogP contribution in [0.4, 0.5) is 10.8 Å². The molecule has 1 aliphatic rings. The highest BCUT2D eigenvalue weighted by atomic mass is 32.1. The summed E-state index contributed by atoms with van der Waals surface area (Å²) in [5, 5.41) is 15.2. The monoisotopic (exact) mass is 407 g/mol. The van der Waals surface area contributed by atoms with E-state index >= 15 is 0 Å². The molecule has 3 aromatic rings. The second kappa shape index (κ2) is 9.21. The van der Waals surface area contributed by atoms with E-state index in [4.69, 9.17) is 14.7 Å². The number of aryl methyl sites for hydroxylation is 2. The molecule has 6 nitrogen and oxygen atoms in total. The van der Waals surface area contributed by atoms with Gasteiger partial charge in [0.15, 0.2) is 5.13 Å². The van der Waals surface area contributed by atoms with Crippen molar-refractivity contribution in [1.82, 2.24) is 14.9 Å². The Labute approximate surface area is 175 Å². The number of nitrogens with one attached hydrogen (secondary N) is 1. The van der Waals surface area contributed by atoms with Gasteiger partial charge in [-0.05, 0) is 63.5 Å². The number of aromatic nitrogens is 2. The first-order valence-electron chi connectivity index (χ1n) is 10.1. The largest absolute Gasteiger partial charge is 0.466 e. The number of anilines is 2. The molecular weight excluding hydrogens is 382 g/mol. The van der Waals surface area contributed by atoms with Crippen molar-refractivity contribution in [2.45, 2.75) is 45.1 Å². The lowest BCUT2D eigenvalue weighted by atomic mass is 9.99. The number of likely N-dealkylation sites (tertiary alicyclic amines) is 1. The lowest BCUT2D eigenvalue weighted by Gasteiger charge is -2.34. The van der Waals surface area contributed by atoms with Crippen molar-refractivity contribution in [2.24, 2.45) is 0 Å². The summed E-state index contributed by atoms with van der Waals surface area (Å²) in [6, 6.07) is 10.1. The second-order valence-electron chi connectivity index (χ2n) is 7.41. The van der Waals surface area contributed by atoms with E-state index in [9.17, 15) is 0 Å². The molecule has 0 saturated carbocycles. The first-order chi connectivity index (χ1) is 14.2. The summed E-state index contributed by atoms with van der Waals surface area (Å²) in [5.41, 5.74) is 2.41. The molecule has 0 radical (unpaired) electrons. The molecule has 0 aliphatic carbocycles. The van der Waals surface area contributed by atoms with Crippen LogP contribution in [0.3, 0.4) is 0 Å². The highest BCUT2D eigenvalue weighted by Crippen LogP contribution is 2.33. The molecule has 4 heterocycles. The zero-order chi connectivity index (χ0) is 20.1. The van der Waals surface area contributed by atoms with E-state index < -0.39 is 0 Å². The van der Waals surface area contributed by atoms with Gasteiger partial charge in [-0.2, -0.15) is 5.26 Å². The summed E-state index contributed by atoms with van der Waals surface area (Å²) in [4.78, 5) is 11.5. The Kier molecular flexibility index (Phi) is 6.23. The third-order valence-electron chi connectivity index (χ3n) is 5.27. The number of furan rings is 1. The molecule has 1 atom stereocenters. The van der Waals surface area contributed by atoms with E-state index in [1.165, 1.54) is 12.8 Å². The lowest BCUT2D eigenvalue weighted by molar-refractivity contribution is 0.144. The summed E-state index contributed by atoms with van der Waals surface area (Å²) in [6.45, 7) is 4.18. The van der Waals surface area contributed by atoms with Crippen molar-refractivity contribution >= 4 is 22.2 Å². The smallest absolute Gasteiger partial charge is 0.187 e. The Hall–Kier alpha value is -2.69. The molecule has 1 N–H and O–H groups in total. The number of hydrogen-bond donors (Lipinski definition) is 1. The normalized spacial score (nSPS) is 17.2. The first-order valence-corrected chi connectivity index (χ1v) is 11.0. The van der Waals surface area contributed by atoms with Crippen LogP contribution in [0.25, 0.3) is 0 Å². The van der Waals surface area contributed by atoms with Gasteiger partial charge in [-0.25, -0.2) is 9.97 Å². The molecule has 150 valence electrons. The van der Waals surface area contributed by atoms with Crippen molar-refractivity contribution in [1.29, 1.82) is 5.26 Å². The standard InChI is InChI=1S/C22H25N5OS/c1-16-7-10-19(28-16)5-4-12-27-11-3-2-6-21(27)20-15-29-22(26-20)25-18-9-8-17(13-23)24-14-18/h7-10,14-15,21H,2-6,11-12H2,1H3,(H,25,26). The Morgan fingerprint density at radius 3 is 3.00 bits per heavy atom. The minimum absolute atomic E-state index is 0.382. The summed E-state index contributed by atoms with van der Waals surface area (Å²) < 4.78 is 5.70. The van der Waals surface area contributed by atoms with Gasteiger partial charge in [-0.3, -0.25) is 4.90 Å². The quantitative estimate of drug-likeness (QED) is 0.579. The zero-order valence-corrected chi connectivity index (χ0v) is 17.4. The molecule has 3 aromatic heterocycles. The van der Waals surface area contributed by atoms with E-state index in [0.717, 1.165) is 60.4 Å². The van der Waals surface area contributed by atoms with Crippen LogP contribution in [0.5, 0.6) is 0 Å². The second-order valence-corrected chi connectivity index (χ2v) is 8.27. The maximum absolute atomic E-state index is 8.86. The summed E-state index contributed by atoms with van der Waals surface area (Å²) in [6.07, 6.45) is 7.40. The Bertz CT molecular complexity index is 972. The van der Waals surface area contributed by atoms with Gasteiger partial charge in [0, 0.05) is 11.8 Å². The van der Waals surface area contributed by atoms with Crippen molar-refractivity contribution in [2.75, 3.05) is 18.4 Å². The van der Waals surface area contributed by atoms with Crippen molar-refractivity contribution in [3.63, 3.8) is 0 Å². The van der Waals surface area contributed by atoms with Gasteiger partial charge in [0.2, 0.25) is 0 Å². The average molecular weight is 408 g/mol. The Morgan fingerprint density at radius 2 is 2.24 bits per heavy atom. The van der Waals surface area contributed by atoms with Crippen LogP contribution in [0, 0.1) is 18.3 Å². The van der Waals surface area contributed by atoms with E-state index in [1.807, 2.05) is 25.1 Å². The molecule has 0 spiro atoms. The predicted molar refractivity (Wildman–Crippen MR) is 114 cm³/mol. The summed E-state index contributed by atoms with van der Waals surface area (Å²) in [5.74, 6) is 2.06. The molecule has 1 fully saturated rings. The molecule has 0 bridgehead atoms. The Balaban J connectivity index is 1.37. The maximum atomic E-state index is 8.86. The third-order valence-corrected chi connectivity index (χ3v) is 6.05. The third kappa shape index (κ3) is 5.03. The molecule has 0 aromatic carbocycles. The van der Waals surface area contributed by atoms with Crippen LogP contribution in [-0.2, 0) is 6.42 Å². The van der Waals surface area contributed by atoms with Gasteiger partial charge >= 0.3 is 0 Å². The lowest BCUT2D eigenvalue weighted by Crippen LogP contribution is -2.34. The number of rotatable bonds is 7. The topological polar surface area (TPSA) is 78.0 Å². The van der Waals surface area contributed by atoms with E-state index in [0.29, 0.717) is 11.7 Å². The fourth-order valence-corrected chi connectivity index (χ4v) is 4.60. The van der Waals surface area contributed by atoms with Crippen LogP contribution in [-0.4, -0.2) is 28.0 Å². The zero-order valence-electron chi connectivity index (χ0n) is 16.6. The highest BCUT2D eigenvalue weighted by Gasteiger charge is 2.25.